The maximum absolute atomic E-state index is 2.47. The van der Waals surface area contributed by atoms with Gasteiger partial charge in [0.25, 0.3) is 0 Å². The zero-order chi connectivity index (χ0) is 39.8. The largest absolute Gasteiger partial charge is 0.309 e. The zero-order valence-corrected chi connectivity index (χ0v) is 33.0. The molecule has 0 aliphatic heterocycles. The monoisotopic (exact) mass is 773 g/mol. The first-order chi connectivity index (χ1) is 30.2. The predicted molar refractivity (Wildman–Crippen MR) is 258 cm³/mol. The second kappa shape index (κ2) is 12.2. The number of rotatable bonds is 4. The van der Waals surface area contributed by atoms with Gasteiger partial charge in [-0.05, 0) is 112 Å². The van der Waals surface area contributed by atoms with Crippen LogP contribution in [-0.2, 0) is 0 Å². The van der Waals surface area contributed by atoms with Crippen molar-refractivity contribution in [3.8, 4) is 33.6 Å². The summed E-state index contributed by atoms with van der Waals surface area (Å²) < 4.78 is 7.29. The molecule has 14 aromatic rings. The maximum atomic E-state index is 2.47. The molecule has 4 heterocycles. The highest BCUT2D eigenvalue weighted by molar-refractivity contribution is 6.23. The van der Waals surface area contributed by atoms with Crippen molar-refractivity contribution in [1.82, 2.24) is 13.5 Å². The number of hydrogen-bond acceptors (Lipinski definition) is 0. The third-order valence-electron chi connectivity index (χ3n) is 13.3. The number of nitrogens with zero attached hydrogens (tertiary/aromatic N) is 3. The Hall–Kier alpha value is -8.14. The van der Waals surface area contributed by atoms with Crippen LogP contribution in [-0.4, -0.2) is 13.5 Å². The smallest absolute Gasteiger partial charge is 0.0620 e. The van der Waals surface area contributed by atoms with Crippen molar-refractivity contribution in [3.63, 3.8) is 0 Å². The van der Waals surface area contributed by atoms with Crippen LogP contribution in [0.1, 0.15) is 0 Å². The minimum atomic E-state index is 1.17. The Morgan fingerprint density at radius 2 is 0.672 bits per heavy atom. The predicted octanol–water partition coefficient (Wildman–Crippen LogP) is 15.5. The van der Waals surface area contributed by atoms with E-state index in [9.17, 15) is 0 Å². The van der Waals surface area contributed by atoms with Gasteiger partial charge in [0.2, 0.25) is 0 Å². The summed E-state index contributed by atoms with van der Waals surface area (Å²) in [5, 5.41) is 12.7. The maximum Gasteiger partial charge on any atom is 0.0620 e. The highest BCUT2D eigenvalue weighted by Gasteiger charge is 2.20. The zero-order valence-electron chi connectivity index (χ0n) is 33.0. The van der Waals surface area contributed by atoms with Crippen molar-refractivity contribution in [3.05, 3.63) is 212 Å². The Kier molecular flexibility index (Phi) is 6.56. The van der Waals surface area contributed by atoms with Crippen LogP contribution >= 0.6 is 0 Å². The van der Waals surface area contributed by atoms with Gasteiger partial charge in [-0.15, -0.1) is 0 Å². The van der Waals surface area contributed by atoms with Crippen LogP contribution in [0, 0.1) is 0 Å². The third-order valence-corrected chi connectivity index (χ3v) is 13.3. The number of hydrogen-bond donors (Lipinski definition) is 0. The lowest BCUT2D eigenvalue weighted by Gasteiger charge is -2.10. The van der Waals surface area contributed by atoms with E-state index in [0.717, 1.165) is 0 Å². The Morgan fingerprint density at radius 1 is 0.230 bits per heavy atom. The van der Waals surface area contributed by atoms with E-state index >= 15 is 0 Å². The third kappa shape index (κ3) is 4.58. The van der Waals surface area contributed by atoms with E-state index in [2.05, 4.69) is 226 Å². The number of para-hydroxylation sites is 5. The van der Waals surface area contributed by atoms with E-state index in [1.807, 2.05) is 0 Å². The molecule has 61 heavy (non-hydrogen) atoms. The Balaban J connectivity index is 0.865. The highest BCUT2D eigenvalue weighted by Crippen LogP contribution is 2.42. The van der Waals surface area contributed by atoms with Crippen molar-refractivity contribution < 1.29 is 0 Å². The van der Waals surface area contributed by atoms with E-state index in [1.54, 1.807) is 0 Å². The summed E-state index contributed by atoms with van der Waals surface area (Å²) in [6.45, 7) is 0. The van der Waals surface area contributed by atoms with Crippen molar-refractivity contribution >= 4 is 92.5 Å². The molecule has 0 N–H and O–H groups in total. The molecule has 282 valence electrons. The molecule has 0 atom stereocenters. The molecule has 0 bridgehead atoms. The van der Waals surface area contributed by atoms with Gasteiger partial charge < -0.3 is 13.5 Å². The molecule has 0 saturated carbocycles. The Bertz CT molecular complexity index is 4100. The van der Waals surface area contributed by atoms with Gasteiger partial charge in [-0.2, -0.15) is 0 Å². The molecular weight excluding hydrogens is 739 g/mol. The van der Waals surface area contributed by atoms with Gasteiger partial charge in [-0.3, -0.25) is 0 Å². The Labute approximate surface area is 350 Å². The van der Waals surface area contributed by atoms with E-state index in [1.165, 1.54) is 126 Å². The van der Waals surface area contributed by atoms with Crippen molar-refractivity contribution in [1.29, 1.82) is 0 Å². The van der Waals surface area contributed by atoms with Crippen molar-refractivity contribution in [2.75, 3.05) is 0 Å². The molecule has 14 rings (SSSR count). The summed E-state index contributed by atoms with van der Waals surface area (Å²) >= 11 is 0. The van der Waals surface area contributed by atoms with Crippen LogP contribution in [0.5, 0.6) is 0 Å². The minimum absolute atomic E-state index is 1.17. The fourth-order valence-corrected chi connectivity index (χ4v) is 10.6. The van der Waals surface area contributed by atoms with Gasteiger partial charge >= 0.3 is 0 Å². The van der Waals surface area contributed by atoms with Gasteiger partial charge in [-0.1, -0.05) is 133 Å². The summed E-state index contributed by atoms with van der Waals surface area (Å²) in [6.07, 6.45) is 0. The molecular formula is C58H35N3. The number of aromatic nitrogens is 3. The SMILES string of the molecule is c1ccc(-n2c3ccccc3c3cc(-c4ccc5cc(-c6ccc7c(c6)c6ccccc6n7-c6ccc7c8cccc9c%10ccccc%10n(c7c6)c98)ccc5c4)ccc32)cc1. The Morgan fingerprint density at radius 3 is 1.28 bits per heavy atom. The standard InChI is InChI=1S/C58H35N3/c1-2-11-42(12-3-1)59-52-18-7-5-14-45(52)50-33-40(25-29-55(50)59)38-23-21-37-32-39(24-22-36(37)31-38)41-26-30-56-51(34-41)46-15-6-8-19-53(46)60(56)43-27-28-47-49-17-10-16-48-44-13-4-9-20-54(44)61(58(48)49)57(47)35-43/h1-35H. The first-order valence-corrected chi connectivity index (χ1v) is 21.1. The van der Waals surface area contributed by atoms with Crippen LogP contribution in [0.4, 0.5) is 0 Å². The lowest BCUT2D eigenvalue weighted by molar-refractivity contribution is 1.18. The summed E-state index contributed by atoms with van der Waals surface area (Å²) in [7, 11) is 0. The molecule has 0 saturated heterocycles. The second-order valence-corrected chi connectivity index (χ2v) is 16.5. The molecule has 0 fully saturated rings. The van der Waals surface area contributed by atoms with Crippen LogP contribution in [0.3, 0.4) is 0 Å². The average molecular weight is 774 g/mol. The molecule has 4 aromatic heterocycles. The molecule has 0 radical (unpaired) electrons. The lowest BCUT2D eigenvalue weighted by atomic mass is 9.96. The molecule has 3 nitrogen and oxygen atoms in total. The first-order valence-electron chi connectivity index (χ1n) is 21.1. The van der Waals surface area contributed by atoms with Gasteiger partial charge in [-0.25, -0.2) is 0 Å². The normalized spacial score (nSPS) is 12.3. The average Bonchev–Trinajstić information content (AvgIpc) is 4.05. The van der Waals surface area contributed by atoms with Crippen molar-refractivity contribution in [2.45, 2.75) is 0 Å². The molecule has 0 aliphatic rings. The quantitative estimate of drug-likeness (QED) is 0.169. The topological polar surface area (TPSA) is 14.3 Å². The van der Waals surface area contributed by atoms with E-state index in [4.69, 9.17) is 0 Å². The molecule has 0 amide bonds. The molecule has 3 heteroatoms. The van der Waals surface area contributed by atoms with E-state index in [-0.39, 0.29) is 0 Å². The van der Waals surface area contributed by atoms with E-state index in [0.29, 0.717) is 0 Å². The van der Waals surface area contributed by atoms with E-state index < -0.39 is 0 Å². The first kappa shape index (κ1) is 32.8. The highest BCUT2D eigenvalue weighted by atomic mass is 15.0. The van der Waals surface area contributed by atoms with Gasteiger partial charge in [0.05, 0.1) is 38.6 Å². The molecule has 0 spiro atoms. The summed E-state index contributed by atoms with van der Waals surface area (Å²) in [5.74, 6) is 0. The van der Waals surface area contributed by atoms with Crippen LogP contribution in [0.15, 0.2) is 212 Å². The van der Waals surface area contributed by atoms with Crippen LogP contribution < -0.4 is 0 Å². The van der Waals surface area contributed by atoms with Crippen molar-refractivity contribution in [2.24, 2.45) is 0 Å². The minimum Gasteiger partial charge on any atom is -0.309 e. The van der Waals surface area contributed by atoms with Gasteiger partial charge in [0.15, 0.2) is 0 Å². The van der Waals surface area contributed by atoms with Gasteiger partial charge in [0.1, 0.15) is 0 Å². The second-order valence-electron chi connectivity index (χ2n) is 16.5. The van der Waals surface area contributed by atoms with Gasteiger partial charge in [0, 0.05) is 54.5 Å². The molecule has 10 aromatic carbocycles. The summed E-state index contributed by atoms with van der Waals surface area (Å²) in [5.41, 5.74) is 15.9. The molecule has 0 aliphatic carbocycles. The fourth-order valence-electron chi connectivity index (χ4n) is 10.6. The number of benzene rings is 10. The summed E-state index contributed by atoms with van der Waals surface area (Å²) in [4.78, 5) is 0. The fraction of sp³-hybridized carbons (Fsp3) is 0. The van der Waals surface area contributed by atoms with Crippen LogP contribution in [0.25, 0.3) is 126 Å². The number of fused-ring (bicyclic) bond motifs is 13. The lowest BCUT2D eigenvalue weighted by Crippen LogP contribution is -1.94. The summed E-state index contributed by atoms with van der Waals surface area (Å²) in [6, 6.07) is 78.5. The van der Waals surface area contributed by atoms with Crippen LogP contribution in [0.2, 0.25) is 0 Å². The molecule has 0 unspecified atom stereocenters.